The van der Waals surface area contributed by atoms with Crippen LogP contribution in [0.2, 0.25) is 0 Å². The van der Waals surface area contributed by atoms with Gasteiger partial charge in [-0.2, -0.15) is 13.2 Å². The molecule has 1 amide bonds. The van der Waals surface area contributed by atoms with Crippen molar-refractivity contribution in [2.75, 3.05) is 6.73 Å². The van der Waals surface area contributed by atoms with E-state index in [0.717, 1.165) is 0 Å². The maximum atomic E-state index is 12.2. The Morgan fingerprint density at radius 2 is 1.92 bits per heavy atom. The third-order valence-electron chi connectivity index (χ3n) is 2.72. The molecule has 0 atom stereocenters. The number of ether oxygens (including phenoxy) is 1. The van der Waals surface area contributed by atoms with E-state index in [4.69, 9.17) is 10.1 Å². The number of rotatable bonds is 5. The van der Waals surface area contributed by atoms with Crippen LogP contribution in [0.5, 0.6) is 0 Å². The SMILES string of the molecule is N=C(OCNC(=O)c1ccc(SC(F)(F)F)cc1)c1cccnc1. The molecule has 1 aromatic heterocycles. The first-order valence-corrected chi connectivity index (χ1v) is 7.42. The van der Waals surface area contributed by atoms with Crippen LogP contribution in [0, 0.1) is 5.41 Å². The van der Waals surface area contributed by atoms with Crippen LogP contribution in [0.4, 0.5) is 13.2 Å². The number of carbonyl (C=O) groups excluding carboxylic acids is 1. The lowest BCUT2D eigenvalue weighted by Crippen LogP contribution is -2.27. The second-order valence-corrected chi connectivity index (χ2v) is 5.58. The molecule has 0 saturated heterocycles. The molecule has 0 radical (unpaired) electrons. The Morgan fingerprint density at radius 3 is 2.50 bits per heavy atom. The predicted octanol–water partition coefficient (Wildman–Crippen LogP) is 3.42. The van der Waals surface area contributed by atoms with Crippen LogP contribution in [0.25, 0.3) is 0 Å². The fourth-order valence-corrected chi connectivity index (χ4v) is 2.20. The van der Waals surface area contributed by atoms with E-state index in [0.29, 0.717) is 5.56 Å². The van der Waals surface area contributed by atoms with E-state index in [2.05, 4.69) is 10.3 Å². The van der Waals surface area contributed by atoms with Crippen molar-refractivity contribution in [1.29, 1.82) is 5.41 Å². The van der Waals surface area contributed by atoms with Gasteiger partial charge >= 0.3 is 5.51 Å². The highest BCUT2D eigenvalue weighted by molar-refractivity contribution is 8.00. The molecule has 0 spiro atoms. The molecule has 1 aromatic carbocycles. The second kappa shape index (κ2) is 7.82. The molecule has 0 saturated carbocycles. The average Bonchev–Trinajstić information content (AvgIpc) is 2.54. The van der Waals surface area contributed by atoms with E-state index in [1.807, 2.05) is 0 Å². The van der Waals surface area contributed by atoms with Crippen molar-refractivity contribution in [1.82, 2.24) is 10.3 Å². The summed E-state index contributed by atoms with van der Waals surface area (Å²) >= 11 is -0.250. The monoisotopic (exact) mass is 355 g/mol. The van der Waals surface area contributed by atoms with Gasteiger partial charge in [-0.3, -0.25) is 15.2 Å². The fraction of sp³-hybridized carbons (Fsp3) is 0.133. The molecule has 1 heterocycles. The summed E-state index contributed by atoms with van der Waals surface area (Å²) in [5.41, 5.74) is -3.72. The Morgan fingerprint density at radius 1 is 1.21 bits per heavy atom. The summed E-state index contributed by atoms with van der Waals surface area (Å²) in [5.74, 6) is -0.669. The zero-order valence-corrected chi connectivity index (χ0v) is 12.9. The van der Waals surface area contributed by atoms with Gasteiger partial charge in [-0.05, 0) is 48.2 Å². The van der Waals surface area contributed by atoms with Crippen molar-refractivity contribution >= 4 is 23.6 Å². The topological polar surface area (TPSA) is 75.1 Å². The van der Waals surface area contributed by atoms with Crippen molar-refractivity contribution in [2.45, 2.75) is 10.4 Å². The lowest BCUT2D eigenvalue weighted by molar-refractivity contribution is -0.0328. The van der Waals surface area contributed by atoms with Crippen LogP contribution in [-0.2, 0) is 4.74 Å². The van der Waals surface area contributed by atoms with Gasteiger partial charge in [0.15, 0.2) is 6.73 Å². The van der Waals surface area contributed by atoms with Gasteiger partial charge in [0.05, 0.1) is 5.56 Å². The van der Waals surface area contributed by atoms with Crippen LogP contribution in [0.1, 0.15) is 15.9 Å². The number of thioether (sulfide) groups is 1. The van der Waals surface area contributed by atoms with E-state index in [9.17, 15) is 18.0 Å². The number of halogens is 3. The second-order valence-electron chi connectivity index (χ2n) is 4.44. The summed E-state index contributed by atoms with van der Waals surface area (Å²) in [4.78, 5) is 15.7. The van der Waals surface area contributed by atoms with Crippen LogP contribution >= 0.6 is 11.8 Å². The van der Waals surface area contributed by atoms with E-state index in [1.54, 1.807) is 18.3 Å². The summed E-state index contributed by atoms with van der Waals surface area (Å²) in [7, 11) is 0. The average molecular weight is 355 g/mol. The number of alkyl halides is 3. The summed E-state index contributed by atoms with van der Waals surface area (Å²) < 4.78 is 41.7. The number of nitrogens with one attached hydrogen (secondary N) is 2. The smallest absolute Gasteiger partial charge is 0.446 e. The van der Waals surface area contributed by atoms with Gasteiger partial charge in [0.1, 0.15) is 0 Å². The van der Waals surface area contributed by atoms with Gasteiger partial charge in [0.2, 0.25) is 5.90 Å². The Kier molecular flexibility index (Phi) is 5.80. The molecular weight excluding hydrogens is 343 g/mol. The van der Waals surface area contributed by atoms with Crippen LogP contribution in [0.15, 0.2) is 53.7 Å². The van der Waals surface area contributed by atoms with Crippen molar-refractivity contribution in [3.05, 3.63) is 59.9 Å². The fourth-order valence-electron chi connectivity index (χ4n) is 1.66. The minimum Gasteiger partial charge on any atom is -0.456 e. The summed E-state index contributed by atoms with van der Waals surface area (Å²) in [5, 5.41) is 10.1. The van der Waals surface area contributed by atoms with Crippen molar-refractivity contribution in [3.8, 4) is 0 Å². The highest BCUT2D eigenvalue weighted by atomic mass is 32.2. The van der Waals surface area contributed by atoms with Crippen molar-refractivity contribution < 1.29 is 22.7 Å². The van der Waals surface area contributed by atoms with E-state index in [-0.39, 0.29) is 34.8 Å². The van der Waals surface area contributed by atoms with Gasteiger partial charge in [-0.1, -0.05) is 0 Å². The van der Waals surface area contributed by atoms with Crippen molar-refractivity contribution in [2.24, 2.45) is 0 Å². The maximum Gasteiger partial charge on any atom is 0.446 e. The zero-order valence-electron chi connectivity index (χ0n) is 12.1. The number of hydrogen-bond acceptors (Lipinski definition) is 5. The van der Waals surface area contributed by atoms with Crippen LogP contribution in [-0.4, -0.2) is 29.0 Å². The number of benzene rings is 1. The lowest BCUT2D eigenvalue weighted by atomic mass is 10.2. The number of hydrogen-bond donors (Lipinski definition) is 2. The Labute approximate surface area is 139 Å². The number of carbonyl (C=O) groups is 1. The molecule has 126 valence electrons. The molecular formula is C15H12F3N3O2S. The number of amides is 1. The highest BCUT2D eigenvalue weighted by Crippen LogP contribution is 2.36. The van der Waals surface area contributed by atoms with Gasteiger partial charge in [0.25, 0.3) is 5.91 Å². The van der Waals surface area contributed by atoms with Crippen LogP contribution < -0.4 is 5.32 Å². The molecule has 0 aliphatic carbocycles. The molecule has 9 heteroatoms. The Hall–Kier alpha value is -2.55. The van der Waals surface area contributed by atoms with Gasteiger partial charge in [-0.25, -0.2) is 0 Å². The minimum atomic E-state index is -4.37. The van der Waals surface area contributed by atoms with E-state index < -0.39 is 11.4 Å². The molecule has 2 rings (SSSR count). The molecule has 0 aliphatic heterocycles. The first-order valence-electron chi connectivity index (χ1n) is 6.61. The molecule has 0 bridgehead atoms. The summed E-state index contributed by atoms with van der Waals surface area (Å²) in [6, 6.07) is 8.28. The van der Waals surface area contributed by atoms with Gasteiger partial charge < -0.3 is 10.1 Å². The number of nitrogens with zero attached hydrogens (tertiary/aromatic N) is 1. The Bertz CT molecular complexity index is 706. The quantitative estimate of drug-likeness (QED) is 0.373. The third-order valence-corrected chi connectivity index (χ3v) is 3.46. The minimum absolute atomic E-state index is 0.00587. The predicted molar refractivity (Wildman–Crippen MR) is 82.8 cm³/mol. The normalized spacial score (nSPS) is 11.0. The van der Waals surface area contributed by atoms with Crippen LogP contribution in [0.3, 0.4) is 0 Å². The zero-order chi connectivity index (χ0) is 17.6. The standard InChI is InChI=1S/C15H12F3N3O2S/c16-15(17,18)24-12-5-3-10(4-6-12)14(22)21-9-23-13(19)11-2-1-7-20-8-11/h1-8,19H,9H2,(H,21,22). The highest BCUT2D eigenvalue weighted by Gasteiger charge is 2.29. The molecule has 2 aromatic rings. The maximum absolute atomic E-state index is 12.2. The molecule has 0 aliphatic rings. The Balaban J connectivity index is 1.83. The lowest BCUT2D eigenvalue weighted by Gasteiger charge is -2.09. The molecule has 2 N–H and O–H groups in total. The number of aromatic nitrogens is 1. The van der Waals surface area contributed by atoms with E-state index >= 15 is 0 Å². The molecule has 24 heavy (non-hydrogen) atoms. The first kappa shape index (κ1) is 17.8. The molecule has 5 nitrogen and oxygen atoms in total. The molecule has 0 fully saturated rings. The molecule has 0 unspecified atom stereocenters. The number of pyridine rings is 1. The van der Waals surface area contributed by atoms with Gasteiger partial charge in [-0.15, -0.1) is 0 Å². The van der Waals surface area contributed by atoms with Crippen molar-refractivity contribution in [3.63, 3.8) is 0 Å². The van der Waals surface area contributed by atoms with Gasteiger partial charge in [0, 0.05) is 22.9 Å². The summed E-state index contributed by atoms with van der Waals surface area (Å²) in [6.45, 7) is -0.244. The summed E-state index contributed by atoms with van der Waals surface area (Å²) in [6.07, 6.45) is 3.00. The largest absolute Gasteiger partial charge is 0.456 e. The third kappa shape index (κ3) is 5.58. The first-order chi connectivity index (χ1) is 11.3. The van der Waals surface area contributed by atoms with E-state index in [1.165, 1.54) is 30.5 Å².